The number of unbranched alkanes of at least 4 members (excludes halogenated alkanes) is 2. The Labute approximate surface area is 309 Å². The number of carbonyl (C=O) groups is 1. The highest BCUT2D eigenvalue weighted by molar-refractivity contribution is 5.87. The zero-order valence-electron chi connectivity index (χ0n) is 31.3. The molecular formula is C44H61F3O5. The van der Waals surface area contributed by atoms with Crippen LogP contribution in [0.2, 0.25) is 0 Å². The molecule has 2 aliphatic carbocycles. The van der Waals surface area contributed by atoms with E-state index in [1.54, 1.807) is 18.2 Å². The van der Waals surface area contributed by atoms with Crippen LogP contribution >= 0.6 is 0 Å². The third-order valence-electron chi connectivity index (χ3n) is 11.5. The molecule has 2 N–H and O–H groups in total. The maximum Gasteiger partial charge on any atom is 0.335 e. The lowest BCUT2D eigenvalue weighted by Gasteiger charge is -2.31. The molecule has 0 aromatic heterocycles. The van der Waals surface area contributed by atoms with Crippen molar-refractivity contribution in [1.29, 1.82) is 0 Å². The zero-order chi connectivity index (χ0) is 37.5. The van der Waals surface area contributed by atoms with Crippen LogP contribution in [0, 0.1) is 23.4 Å². The van der Waals surface area contributed by atoms with Crippen LogP contribution in [0.1, 0.15) is 156 Å². The van der Waals surface area contributed by atoms with Crippen LogP contribution in [-0.4, -0.2) is 49.2 Å². The van der Waals surface area contributed by atoms with Gasteiger partial charge < -0.3 is 19.7 Å². The van der Waals surface area contributed by atoms with E-state index in [0.29, 0.717) is 62.2 Å². The van der Waals surface area contributed by atoms with Gasteiger partial charge in [-0.3, -0.25) is 0 Å². The predicted molar refractivity (Wildman–Crippen MR) is 201 cm³/mol. The minimum Gasteiger partial charge on any atom is -0.462 e. The summed E-state index contributed by atoms with van der Waals surface area (Å²) in [6.07, 6.45) is 14.7. The fourth-order valence-electron chi connectivity index (χ4n) is 8.33. The molecule has 4 rings (SSSR count). The molecule has 2 fully saturated rings. The lowest BCUT2D eigenvalue weighted by molar-refractivity contribution is -0.139. The van der Waals surface area contributed by atoms with Crippen molar-refractivity contribution in [1.82, 2.24) is 0 Å². The van der Waals surface area contributed by atoms with Gasteiger partial charge in [-0.1, -0.05) is 70.0 Å². The van der Waals surface area contributed by atoms with E-state index in [1.165, 1.54) is 38.5 Å². The first-order chi connectivity index (χ1) is 25.2. The molecule has 0 amide bonds. The van der Waals surface area contributed by atoms with Crippen LogP contribution in [-0.2, 0) is 14.3 Å². The smallest absolute Gasteiger partial charge is 0.335 e. The highest BCUT2D eigenvalue weighted by Gasteiger charge is 2.30. The Hall–Kier alpha value is -2.94. The first-order valence-corrected chi connectivity index (χ1v) is 19.7. The monoisotopic (exact) mass is 726 g/mol. The quantitative estimate of drug-likeness (QED) is 0.0580. The average Bonchev–Trinajstić information content (AvgIpc) is 3.16. The van der Waals surface area contributed by atoms with Gasteiger partial charge in [-0.25, -0.2) is 18.0 Å². The second-order valence-corrected chi connectivity index (χ2v) is 15.3. The summed E-state index contributed by atoms with van der Waals surface area (Å²) in [5.74, 6) is -1.64. The predicted octanol–water partition coefficient (Wildman–Crippen LogP) is 10.7. The van der Waals surface area contributed by atoms with Gasteiger partial charge in [-0.05, 0) is 141 Å². The molecular weight excluding hydrogens is 665 g/mol. The zero-order valence-corrected chi connectivity index (χ0v) is 31.3. The first kappa shape index (κ1) is 41.8. The molecule has 52 heavy (non-hydrogen) atoms. The van der Waals surface area contributed by atoms with Crippen LogP contribution < -0.4 is 0 Å². The Balaban J connectivity index is 1.34. The molecule has 0 bridgehead atoms. The summed E-state index contributed by atoms with van der Waals surface area (Å²) in [5, 5.41) is 18.2. The average molecular weight is 727 g/mol. The van der Waals surface area contributed by atoms with Crippen LogP contribution in [0.3, 0.4) is 0 Å². The molecule has 288 valence electrons. The molecule has 0 radical (unpaired) electrons. The normalized spacial score (nSPS) is 21.1. The topological polar surface area (TPSA) is 76.0 Å². The number of hydrogen-bond donors (Lipinski definition) is 2. The largest absolute Gasteiger partial charge is 0.462 e. The fourth-order valence-corrected chi connectivity index (χ4v) is 8.33. The number of aliphatic hydroxyl groups is 2. The molecule has 5 nitrogen and oxygen atoms in total. The Morgan fingerprint density at radius 2 is 1.42 bits per heavy atom. The number of rotatable bonds is 21. The van der Waals surface area contributed by atoms with Crippen LogP contribution in [0.4, 0.5) is 13.2 Å². The van der Waals surface area contributed by atoms with E-state index in [-0.39, 0.29) is 54.5 Å². The van der Waals surface area contributed by atoms with E-state index in [2.05, 4.69) is 26.1 Å². The van der Waals surface area contributed by atoms with Crippen LogP contribution in [0.15, 0.2) is 54.6 Å². The number of benzene rings is 2. The van der Waals surface area contributed by atoms with Gasteiger partial charge in [0.2, 0.25) is 0 Å². The molecule has 8 heteroatoms. The van der Waals surface area contributed by atoms with Crippen molar-refractivity contribution in [2.75, 3.05) is 33.0 Å². The molecule has 0 spiro atoms. The molecule has 2 aliphatic rings. The van der Waals surface area contributed by atoms with Crippen molar-refractivity contribution < 1.29 is 37.7 Å². The highest BCUT2D eigenvalue weighted by Crippen LogP contribution is 2.44. The number of carbonyl (C=O) groups excluding carboxylic acids is 1. The van der Waals surface area contributed by atoms with E-state index in [9.17, 15) is 4.79 Å². The number of esters is 1. The molecule has 1 unspecified atom stereocenters. The van der Waals surface area contributed by atoms with Gasteiger partial charge in [0, 0.05) is 6.61 Å². The van der Waals surface area contributed by atoms with E-state index in [4.69, 9.17) is 19.7 Å². The Morgan fingerprint density at radius 3 is 2.06 bits per heavy atom. The van der Waals surface area contributed by atoms with Crippen molar-refractivity contribution in [3.05, 3.63) is 94.3 Å². The van der Waals surface area contributed by atoms with E-state index in [0.717, 1.165) is 42.7 Å². The SMILES string of the molecule is C=C(CO)COCCCC(CCCOC(=O)C(=C)CO)c1ccc(C2CCC(c3ccc(C4CCC(CCCCC)CC4)cc3F)CC2)c(F)c1F. The lowest BCUT2D eigenvalue weighted by atomic mass is 9.74. The molecule has 1 atom stereocenters. The van der Waals surface area contributed by atoms with Gasteiger partial charge in [0.25, 0.3) is 0 Å². The van der Waals surface area contributed by atoms with Gasteiger partial charge >= 0.3 is 5.97 Å². The first-order valence-electron chi connectivity index (χ1n) is 19.7. The summed E-state index contributed by atoms with van der Waals surface area (Å²) < 4.78 is 57.9. The molecule has 2 aromatic carbocycles. The summed E-state index contributed by atoms with van der Waals surface area (Å²) >= 11 is 0. The van der Waals surface area contributed by atoms with Crippen molar-refractivity contribution in [2.24, 2.45) is 5.92 Å². The second kappa shape index (κ2) is 21.7. The molecule has 2 aromatic rings. The van der Waals surface area contributed by atoms with Crippen molar-refractivity contribution >= 4 is 5.97 Å². The fraction of sp³-hybridized carbons (Fsp3) is 0.614. The molecule has 0 aliphatic heterocycles. The third-order valence-corrected chi connectivity index (χ3v) is 11.5. The minimum atomic E-state index is -0.846. The molecule has 0 saturated heterocycles. The van der Waals surface area contributed by atoms with Crippen LogP contribution in [0.5, 0.6) is 0 Å². The number of hydrogen-bond acceptors (Lipinski definition) is 5. The highest BCUT2D eigenvalue weighted by atomic mass is 19.2. The van der Waals surface area contributed by atoms with Crippen molar-refractivity contribution in [3.8, 4) is 0 Å². The standard InChI is InChI=1S/C44H61F3O5/c1-4-5-6-9-32-12-14-33(15-13-32)37-20-21-38(41(45)26-37)35-16-18-36(19-17-35)40-23-22-39(42(46)43(40)47)34(10-7-24-51-29-30(2)27-48)11-8-25-52-44(50)31(3)28-49/h20-23,26,32-36,48-49H,2-19,24-25,27-29H2,1H3. The molecule has 0 heterocycles. The Morgan fingerprint density at radius 1 is 0.788 bits per heavy atom. The second-order valence-electron chi connectivity index (χ2n) is 15.3. The summed E-state index contributed by atoms with van der Waals surface area (Å²) in [5.41, 5.74) is 3.04. The Kier molecular flexibility index (Phi) is 17.4. The number of aliphatic hydroxyl groups excluding tert-OH is 2. The summed E-state index contributed by atoms with van der Waals surface area (Å²) in [4.78, 5) is 11.9. The maximum atomic E-state index is 15.8. The number of ether oxygens (including phenoxy) is 2. The third kappa shape index (κ3) is 12.0. The van der Waals surface area contributed by atoms with E-state index in [1.807, 2.05) is 6.07 Å². The summed E-state index contributed by atoms with van der Waals surface area (Å²) in [6.45, 7) is 9.43. The lowest BCUT2D eigenvalue weighted by Crippen LogP contribution is -2.16. The van der Waals surface area contributed by atoms with Gasteiger partial charge in [0.15, 0.2) is 11.6 Å². The van der Waals surface area contributed by atoms with E-state index < -0.39 is 24.2 Å². The Bertz CT molecular complexity index is 1440. The van der Waals surface area contributed by atoms with E-state index >= 15 is 13.2 Å². The van der Waals surface area contributed by atoms with Gasteiger partial charge in [-0.15, -0.1) is 0 Å². The minimum absolute atomic E-state index is 0.0420. The van der Waals surface area contributed by atoms with Crippen LogP contribution in [0.25, 0.3) is 0 Å². The van der Waals surface area contributed by atoms with Gasteiger partial charge in [0.05, 0.1) is 32.0 Å². The van der Waals surface area contributed by atoms with Crippen molar-refractivity contribution in [3.63, 3.8) is 0 Å². The summed E-state index contributed by atoms with van der Waals surface area (Å²) in [6, 6.07) is 9.28. The summed E-state index contributed by atoms with van der Waals surface area (Å²) in [7, 11) is 0. The molecule has 2 saturated carbocycles. The van der Waals surface area contributed by atoms with Gasteiger partial charge in [-0.2, -0.15) is 0 Å². The maximum absolute atomic E-state index is 15.8. The number of halogens is 3. The van der Waals surface area contributed by atoms with Gasteiger partial charge in [0.1, 0.15) is 5.82 Å². The van der Waals surface area contributed by atoms with Crippen molar-refractivity contribution in [2.45, 2.75) is 133 Å².